The summed E-state index contributed by atoms with van der Waals surface area (Å²) in [5, 5.41) is 20.5. The third-order valence-corrected chi connectivity index (χ3v) is 2.30. The molecule has 0 fully saturated rings. The average Bonchev–Trinajstić information content (AvgIpc) is 2.25. The summed E-state index contributed by atoms with van der Waals surface area (Å²) in [7, 11) is 0. The van der Waals surface area contributed by atoms with Gasteiger partial charge in [-0.05, 0) is 0 Å². The fraction of sp³-hybridized carbons (Fsp3) is 0.286. The number of oxime groups is 1. The smallest absolute Gasteiger partial charge is 0.191 e. The Bertz CT molecular complexity index is 331. The first-order chi connectivity index (χ1) is 6.79. The van der Waals surface area contributed by atoms with Crippen LogP contribution in [0.1, 0.15) is 5.69 Å². The standard InChI is InChI=1S/C7H10N4O2S/c8-6(11-13)5-7(14-4-3-12)10-2-1-9-5/h1-2,12-13H,3-4H2,(H2,8,11). The van der Waals surface area contributed by atoms with Gasteiger partial charge in [0.1, 0.15) is 10.7 Å². The Hall–Kier alpha value is -1.34. The first kappa shape index (κ1) is 10.7. The predicted molar refractivity (Wildman–Crippen MR) is 52.4 cm³/mol. The molecule has 0 saturated carbocycles. The Morgan fingerprint density at radius 2 is 2.21 bits per heavy atom. The Kier molecular flexibility index (Phi) is 4.14. The Balaban J connectivity index is 2.91. The number of thioether (sulfide) groups is 1. The number of nitrogens with two attached hydrogens (primary N) is 1. The fourth-order valence-corrected chi connectivity index (χ4v) is 1.51. The minimum absolute atomic E-state index is 0.0385. The molecule has 1 aromatic heterocycles. The highest BCUT2D eigenvalue weighted by Gasteiger charge is 2.09. The highest BCUT2D eigenvalue weighted by molar-refractivity contribution is 7.99. The number of aromatic nitrogens is 2. The second kappa shape index (κ2) is 5.40. The van der Waals surface area contributed by atoms with E-state index in [2.05, 4.69) is 15.1 Å². The van der Waals surface area contributed by atoms with Crippen LogP contribution in [0.3, 0.4) is 0 Å². The van der Waals surface area contributed by atoms with Crippen molar-refractivity contribution >= 4 is 17.6 Å². The Labute approximate surface area is 84.9 Å². The van der Waals surface area contributed by atoms with Gasteiger partial charge in [0, 0.05) is 18.1 Å². The van der Waals surface area contributed by atoms with E-state index in [-0.39, 0.29) is 12.4 Å². The van der Waals surface area contributed by atoms with Crippen LogP contribution in [0.15, 0.2) is 22.6 Å². The van der Waals surface area contributed by atoms with E-state index in [0.29, 0.717) is 16.5 Å². The van der Waals surface area contributed by atoms with Crippen LogP contribution in [0.5, 0.6) is 0 Å². The van der Waals surface area contributed by atoms with E-state index >= 15 is 0 Å². The number of rotatable bonds is 4. The van der Waals surface area contributed by atoms with Gasteiger partial charge in [-0.1, -0.05) is 5.16 Å². The molecule has 0 amide bonds. The van der Waals surface area contributed by atoms with Crippen molar-refractivity contribution in [1.29, 1.82) is 0 Å². The predicted octanol–water partition coefficient (Wildman–Crippen LogP) is -0.345. The molecule has 0 atom stereocenters. The van der Waals surface area contributed by atoms with Gasteiger partial charge in [-0.15, -0.1) is 11.8 Å². The van der Waals surface area contributed by atoms with Gasteiger partial charge in [0.25, 0.3) is 0 Å². The van der Waals surface area contributed by atoms with Crippen LogP contribution in [0.25, 0.3) is 0 Å². The average molecular weight is 214 g/mol. The monoisotopic (exact) mass is 214 g/mol. The fourth-order valence-electron chi connectivity index (χ4n) is 0.796. The van der Waals surface area contributed by atoms with Crippen molar-refractivity contribution in [2.24, 2.45) is 10.9 Å². The second-order valence-electron chi connectivity index (χ2n) is 2.27. The molecule has 14 heavy (non-hydrogen) atoms. The van der Waals surface area contributed by atoms with Crippen molar-refractivity contribution < 1.29 is 10.3 Å². The van der Waals surface area contributed by atoms with E-state index in [9.17, 15) is 0 Å². The molecular formula is C7H10N4O2S. The lowest BCUT2D eigenvalue weighted by Crippen LogP contribution is -2.16. The minimum Gasteiger partial charge on any atom is -0.409 e. The largest absolute Gasteiger partial charge is 0.409 e. The minimum atomic E-state index is -0.0847. The van der Waals surface area contributed by atoms with Crippen LogP contribution >= 0.6 is 11.8 Å². The normalized spacial score (nSPS) is 11.6. The van der Waals surface area contributed by atoms with Crippen molar-refractivity contribution in [3.05, 3.63) is 18.1 Å². The number of hydrogen-bond donors (Lipinski definition) is 3. The maximum atomic E-state index is 8.63. The Morgan fingerprint density at radius 1 is 1.50 bits per heavy atom. The molecular weight excluding hydrogens is 204 g/mol. The third kappa shape index (κ3) is 2.57. The first-order valence-electron chi connectivity index (χ1n) is 3.82. The maximum Gasteiger partial charge on any atom is 0.191 e. The van der Waals surface area contributed by atoms with Crippen molar-refractivity contribution in [2.75, 3.05) is 12.4 Å². The highest BCUT2D eigenvalue weighted by atomic mass is 32.2. The number of aliphatic hydroxyl groups excluding tert-OH is 1. The molecule has 1 rings (SSSR count). The summed E-state index contributed by atoms with van der Waals surface area (Å²) in [5.41, 5.74) is 5.72. The lowest BCUT2D eigenvalue weighted by molar-refractivity contribution is 0.318. The molecule has 0 spiro atoms. The number of hydrogen-bond acceptors (Lipinski definition) is 6. The molecule has 1 aromatic rings. The van der Waals surface area contributed by atoms with Crippen LogP contribution in [0, 0.1) is 0 Å². The molecule has 0 saturated heterocycles. The summed E-state index contributed by atoms with van der Waals surface area (Å²) in [5.74, 6) is 0.406. The molecule has 0 aromatic carbocycles. The van der Waals surface area contributed by atoms with Crippen molar-refractivity contribution in [3.8, 4) is 0 Å². The molecule has 0 bridgehead atoms. The molecule has 4 N–H and O–H groups in total. The van der Waals surface area contributed by atoms with Crippen LogP contribution in [0.4, 0.5) is 0 Å². The number of amidine groups is 1. The first-order valence-corrected chi connectivity index (χ1v) is 4.80. The van der Waals surface area contributed by atoms with E-state index < -0.39 is 0 Å². The van der Waals surface area contributed by atoms with Gasteiger partial charge < -0.3 is 16.0 Å². The van der Waals surface area contributed by atoms with Crippen molar-refractivity contribution in [2.45, 2.75) is 5.03 Å². The van der Waals surface area contributed by atoms with Crippen LogP contribution in [-0.2, 0) is 0 Å². The van der Waals surface area contributed by atoms with Crippen LogP contribution in [0.2, 0.25) is 0 Å². The van der Waals surface area contributed by atoms with Crippen molar-refractivity contribution in [3.63, 3.8) is 0 Å². The summed E-state index contributed by atoms with van der Waals surface area (Å²) in [6.07, 6.45) is 2.96. The zero-order valence-corrected chi connectivity index (χ0v) is 8.11. The van der Waals surface area contributed by atoms with E-state index in [4.69, 9.17) is 16.0 Å². The zero-order chi connectivity index (χ0) is 10.4. The molecule has 0 aliphatic carbocycles. The van der Waals surface area contributed by atoms with Gasteiger partial charge in [0.2, 0.25) is 0 Å². The van der Waals surface area contributed by atoms with E-state index in [0.717, 1.165) is 0 Å². The summed E-state index contributed by atoms with van der Waals surface area (Å²) >= 11 is 1.30. The molecule has 6 nitrogen and oxygen atoms in total. The zero-order valence-electron chi connectivity index (χ0n) is 7.29. The van der Waals surface area contributed by atoms with Crippen LogP contribution in [-0.4, -0.2) is 38.5 Å². The molecule has 0 unspecified atom stereocenters. The van der Waals surface area contributed by atoms with Gasteiger partial charge >= 0.3 is 0 Å². The topological polar surface area (TPSA) is 105 Å². The second-order valence-corrected chi connectivity index (χ2v) is 3.35. The number of aliphatic hydroxyl groups is 1. The lowest BCUT2D eigenvalue weighted by atomic mass is 10.4. The quantitative estimate of drug-likeness (QED) is 0.208. The molecule has 0 aliphatic rings. The van der Waals surface area contributed by atoms with E-state index in [1.54, 1.807) is 0 Å². The van der Waals surface area contributed by atoms with Crippen LogP contribution < -0.4 is 5.73 Å². The van der Waals surface area contributed by atoms with E-state index in [1.165, 1.54) is 24.2 Å². The summed E-state index contributed by atoms with van der Waals surface area (Å²) < 4.78 is 0. The van der Waals surface area contributed by atoms with Crippen molar-refractivity contribution in [1.82, 2.24) is 9.97 Å². The molecule has 1 heterocycles. The van der Waals surface area contributed by atoms with Gasteiger partial charge in [-0.3, -0.25) is 0 Å². The van der Waals surface area contributed by atoms with Gasteiger partial charge in [-0.25, -0.2) is 9.97 Å². The van der Waals surface area contributed by atoms with Gasteiger partial charge in [0.15, 0.2) is 5.84 Å². The summed E-state index contributed by atoms with van der Waals surface area (Å²) in [4.78, 5) is 7.92. The summed E-state index contributed by atoms with van der Waals surface area (Å²) in [6.45, 7) is 0.0385. The third-order valence-electron chi connectivity index (χ3n) is 1.35. The molecule has 7 heteroatoms. The van der Waals surface area contributed by atoms with Gasteiger partial charge in [-0.2, -0.15) is 0 Å². The summed E-state index contributed by atoms with van der Waals surface area (Å²) in [6, 6.07) is 0. The SMILES string of the molecule is NC(=NO)c1nccnc1SCCO. The molecule has 0 aliphatic heterocycles. The van der Waals surface area contributed by atoms with E-state index in [1.807, 2.05) is 0 Å². The highest BCUT2D eigenvalue weighted by Crippen LogP contribution is 2.17. The van der Waals surface area contributed by atoms with Gasteiger partial charge in [0.05, 0.1) is 6.61 Å². The number of nitrogens with zero attached hydrogens (tertiary/aromatic N) is 3. The lowest BCUT2D eigenvalue weighted by Gasteiger charge is -2.03. The molecule has 0 radical (unpaired) electrons. The Morgan fingerprint density at radius 3 is 2.86 bits per heavy atom. The molecule has 76 valence electrons. The maximum absolute atomic E-state index is 8.63.